The third kappa shape index (κ3) is 4.03. The molecule has 0 unspecified atom stereocenters. The molecule has 0 amide bonds. The molecule has 4 heteroatoms. The second-order valence-electron chi connectivity index (χ2n) is 6.37. The fraction of sp³-hybridized carbons (Fsp3) is 0.500. The lowest BCUT2D eigenvalue weighted by molar-refractivity contribution is 0.351. The van der Waals surface area contributed by atoms with Crippen molar-refractivity contribution in [2.75, 3.05) is 13.7 Å². The Labute approximate surface area is 128 Å². The predicted molar refractivity (Wildman–Crippen MR) is 90.4 cm³/mol. The van der Waals surface area contributed by atoms with Crippen molar-refractivity contribution >= 4 is 23.6 Å². The Morgan fingerprint density at radius 2 is 1.90 bits per heavy atom. The van der Waals surface area contributed by atoms with E-state index >= 15 is 0 Å². The average Bonchev–Trinajstić information content (AvgIpc) is 2.33. The minimum atomic E-state index is -2.05. The van der Waals surface area contributed by atoms with Crippen LogP contribution in [0, 0.1) is 0 Å². The maximum atomic E-state index is 6.67. The summed E-state index contributed by atoms with van der Waals surface area (Å²) in [6.45, 7) is 14.9. The van der Waals surface area contributed by atoms with E-state index in [-0.39, 0.29) is 5.41 Å². The molecule has 0 fully saturated rings. The van der Waals surface area contributed by atoms with Crippen LogP contribution in [0.5, 0.6) is 11.5 Å². The first-order valence-corrected chi connectivity index (χ1v) is 10.8. The minimum Gasteiger partial charge on any atom is -0.497 e. The van der Waals surface area contributed by atoms with Crippen LogP contribution in [-0.2, 0) is 5.41 Å². The number of hydrogen-bond acceptors (Lipinski definition) is 2. The Kier molecular flexibility index (Phi) is 5.33. The molecular weight excluding hydrogens is 288 g/mol. The van der Waals surface area contributed by atoms with E-state index in [0.29, 0.717) is 6.61 Å². The van der Waals surface area contributed by atoms with E-state index in [1.54, 1.807) is 13.2 Å². The Hall–Kier alpha value is -0.933. The first-order chi connectivity index (χ1) is 9.11. The van der Waals surface area contributed by atoms with E-state index < -0.39 is 7.38 Å². The van der Waals surface area contributed by atoms with Gasteiger partial charge in [0.25, 0.3) is 0 Å². The smallest absolute Gasteiger partial charge is 0.185 e. The monoisotopic (exact) mass is 312 g/mol. The van der Waals surface area contributed by atoms with Crippen molar-refractivity contribution in [1.29, 1.82) is 0 Å². The van der Waals surface area contributed by atoms with E-state index in [1.807, 2.05) is 12.1 Å². The zero-order valence-corrected chi connectivity index (χ0v) is 15.1. The molecule has 0 aromatic heterocycles. The van der Waals surface area contributed by atoms with Crippen LogP contribution in [0.1, 0.15) is 26.3 Å². The van der Waals surface area contributed by atoms with Gasteiger partial charge in [0.1, 0.15) is 18.1 Å². The molecule has 0 atom stereocenters. The van der Waals surface area contributed by atoms with Gasteiger partial charge in [-0.2, -0.15) is 11.1 Å². The highest BCUT2D eigenvalue weighted by Crippen LogP contribution is 2.35. The van der Waals surface area contributed by atoms with Crippen molar-refractivity contribution in [1.82, 2.24) is 0 Å². The van der Waals surface area contributed by atoms with Crippen LogP contribution in [0.2, 0.25) is 13.1 Å². The fourth-order valence-corrected chi connectivity index (χ4v) is 3.67. The quantitative estimate of drug-likeness (QED) is 0.461. The van der Waals surface area contributed by atoms with Gasteiger partial charge in [0.2, 0.25) is 0 Å². The molecule has 2 nitrogen and oxygen atoms in total. The predicted octanol–water partition coefficient (Wildman–Crippen LogP) is 4.21. The van der Waals surface area contributed by atoms with Crippen molar-refractivity contribution in [3.05, 3.63) is 30.4 Å². The van der Waals surface area contributed by atoms with Crippen LogP contribution in [0.15, 0.2) is 24.8 Å². The van der Waals surface area contributed by atoms with E-state index in [4.69, 9.17) is 20.6 Å². The summed E-state index contributed by atoms with van der Waals surface area (Å²) in [5, 5.41) is 1.07. The lowest BCUT2D eigenvalue weighted by Crippen LogP contribution is -2.38. The maximum absolute atomic E-state index is 6.67. The second kappa shape index (κ2) is 6.23. The molecule has 0 aliphatic carbocycles. The Morgan fingerprint density at radius 3 is 2.30 bits per heavy atom. The zero-order chi connectivity index (χ0) is 15.6. The summed E-state index contributed by atoms with van der Waals surface area (Å²) in [4.78, 5) is 0. The number of halogens is 1. The second-order valence-corrected chi connectivity index (χ2v) is 12.7. The molecule has 0 aliphatic heterocycles. The number of rotatable bonds is 5. The van der Waals surface area contributed by atoms with Gasteiger partial charge in [-0.05, 0) is 17.5 Å². The first-order valence-electron chi connectivity index (χ1n) is 6.77. The molecule has 0 N–H and O–H groups in total. The molecule has 1 aromatic carbocycles. The molecule has 0 spiro atoms. The highest BCUT2D eigenvalue weighted by molar-refractivity contribution is 7.26. The molecular formula is C16H25ClO2Si. The molecule has 0 radical (unpaired) electrons. The molecule has 0 saturated heterocycles. The van der Waals surface area contributed by atoms with Crippen molar-refractivity contribution in [3.8, 4) is 11.5 Å². The van der Waals surface area contributed by atoms with Gasteiger partial charge < -0.3 is 9.47 Å². The normalized spacial score (nSPS) is 12.2. The molecule has 112 valence electrons. The van der Waals surface area contributed by atoms with Crippen LogP contribution >= 0.6 is 11.1 Å². The van der Waals surface area contributed by atoms with Crippen LogP contribution in [0.4, 0.5) is 0 Å². The summed E-state index contributed by atoms with van der Waals surface area (Å²) in [6.07, 6.45) is 1.75. The summed E-state index contributed by atoms with van der Waals surface area (Å²) >= 11 is 6.67. The lowest BCUT2D eigenvalue weighted by Gasteiger charge is -2.28. The third-order valence-electron chi connectivity index (χ3n) is 3.09. The summed E-state index contributed by atoms with van der Waals surface area (Å²) < 4.78 is 11.4. The van der Waals surface area contributed by atoms with E-state index in [9.17, 15) is 0 Å². The first kappa shape index (κ1) is 17.1. The summed E-state index contributed by atoms with van der Waals surface area (Å²) in [7, 11) is -0.374. The molecule has 20 heavy (non-hydrogen) atoms. The zero-order valence-electron chi connectivity index (χ0n) is 13.3. The molecule has 1 rings (SSSR count). The number of hydrogen-bond donors (Lipinski definition) is 0. The van der Waals surface area contributed by atoms with Gasteiger partial charge in [-0.3, -0.25) is 0 Å². The lowest BCUT2D eigenvalue weighted by atomic mass is 9.86. The van der Waals surface area contributed by atoms with E-state index in [0.717, 1.165) is 22.2 Å². The summed E-state index contributed by atoms with van der Waals surface area (Å²) in [5.74, 6) is 1.72. The van der Waals surface area contributed by atoms with Crippen LogP contribution in [-0.4, -0.2) is 21.1 Å². The number of ether oxygens (including phenoxy) is 2. The van der Waals surface area contributed by atoms with E-state index in [1.165, 1.54) is 0 Å². The highest BCUT2D eigenvalue weighted by Gasteiger charge is 2.31. The highest BCUT2D eigenvalue weighted by atomic mass is 35.6. The van der Waals surface area contributed by atoms with Crippen LogP contribution in [0.25, 0.3) is 0 Å². The summed E-state index contributed by atoms with van der Waals surface area (Å²) in [6, 6.07) is 4.05. The fourth-order valence-electron chi connectivity index (χ4n) is 2.02. The van der Waals surface area contributed by atoms with Crippen molar-refractivity contribution < 1.29 is 9.47 Å². The van der Waals surface area contributed by atoms with Gasteiger partial charge in [-0.25, -0.2) is 0 Å². The van der Waals surface area contributed by atoms with Crippen LogP contribution < -0.4 is 14.7 Å². The SMILES string of the molecule is C=CCOc1c(C(C)(C)C)cc(OC)cc1[Si](C)(C)Cl. The van der Waals surface area contributed by atoms with Crippen molar-refractivity contribution in [2.45, 2.75) is 39.3 Å². The van der Waals surface area contributed by atoms with Crippen LogP contribution in [0.3, 0.4) is 0 Å². The summed E-state index contributed by atoms with van der Waals surface area (Å²) in [5.41, 5.74) is 1.07. The van der Waals surface area contributed by atoms with Gasteiger partial charge in [0.15, 0.2) is 7.38 Å². The number of methoxy groups -OCH3 is 1. The molecule has 1 aromatic rings. The topological polar surface area (TPSA) is 18.5 Å². The Morgan fingerprint density at radius 1 is 1.30 bits per heavy atom. The standard InChI is InChI=1S/C16H25ClO2Si/c1-8-9-19-15-13(16(2,3)4)10-12(18-5)11-14(15)20(6,7)17/h8,10-11H,1,9H2,2-7H3. The van der Waals surface area contributed by atoms with Gasteiger partial charge in [-0.15, -0.1) is 0 Å². The molecule has 0 aliphatic rings. The van der Waals surface area contributed by atoms with Crippen molar-refractivity contribution in [3.63, 3.8) is 0 Å². The average molecular weight is 313 g/mol. The Bertz CT molecular complexity index is 449. The number of benzene rings is 1. The molecule has 0 saturated carbocycles. The van der Waals surface area contributed by atoms with Gasteiger partial charge >= 0.3 is 0 Å². The van der Waals surface area contributed by atoms with Crippen molar-refractivity contribution in [2.24, 2.45) is 0 Å². The maximum Gasteiger partial charge on any atom is 0.185 e. The van der Waals surface area contributed by atoms with E-state index in [2.05, 4.69) is 40.4 Å². The largest absolute Gasteiger partial charge is 0.497 e. The third-order valence-corrected chi connectivity index (χ3v) is 5.36. The molecule has 0 heterocycles. The molecule has 0 bridgehead atoms. The van der Waals surface area contributed by atoms with Gasteiger partial charge in [-0.1, -0.05) is 46.5 Å². The van der Waals surface area contributed by atoms with Gasteiger partial charge in [0.05, 0.1) is 7.11 Å². The Balaban J connectivity index is 3.58. The minimum absolute atomic E-state index is 0.0453. The van der Waals surface area contributed by atoms with Gasteiger partial charge in [0, 0.05) is 10.8 Å².